The summed E-state index contributed by atoms with van der Waals surface area (Å²) in [6, 6.07) is 10.9. The van der Waals surface area contributed by atoms with Crippen LogP contribution in [0.4, 0.5) is 17.2 Å². The number of hydrogen-bond donors (Lipinski definition) is 1. The first-order valence-corrected chi connectivity index (χ1v) is 8.65. The molecule has 2 amide bonds. The van der Waals surface area contributed by atoms with E-state index in [0.29, 0.717) is 29.2 Å². The van der Waals surface area contributed by atoms with Crippen LogP contribution in [0.15, 0.2) is 54.2 Å². The minimum atomic E-state index is -0.240. The van der Waals surface area contributed by atoms with Crippen molar-refractivity contribution in [3.8, 4) is 0 Å². The highest BCUT2D eigenvalue weighted by atomic mass is 16.2. The second kappa shape index (κ2) is 6.38. The fraction of sp³-hybridized carbons (Fsp3) is 0.250. The van der Waals surface area contributed by atoms with Gasteiger partial charge in [-0.1, -0.05) is 18.2 Å². The molecule has 132 valence electrons. The van der Waals surface area contributed by atoms with E-state index in [4.69, 9.17) is 0 Å². The van der Waals surface area contributed by atoms with Gasteiger partial charge in [-0.15, -0.1) is 0 Å². The van der Waals surface area contributed by atoms with Crippen molar-refractivity contribution in [3.63, 3.8) is 0 Å². The van der Waals surface area contributed by atoms with E-state index in [-0.39, 0.29) is 17.9 Å². The van der Waals surface area contributed by atoms with Gasteiger partial charge < -0.3 is 5.32 Å². The molecule has 1 aromatic carbocycles. The Hall–Kier alpha value is -2.99. The number of amides is 2. The summed E-state index contributed by atoms with van der Waals surface area (Å²) >= 11 is 0. The van der Waals surface area contributed by atoms with E-state index < -0.39 is 0 Å². The molecule has 0 aliphatic carbocycles. The Labute approximate surface area is 152 Å². The topological polar surface area (TPSA) is 65.5 Å². The molecule has 0 spiro atoms. The van der Waals surface area contributed by atoms with E-state index in [0.717, 1.165) is 12.1 Å². The van der Waals surface area contributed by atoms with Crippen molar-refractivity contribution in [2.45, 2.75) is 19.4 Å². The number of fused-ring (bicyclic) bond motifs is 2. The number of likely N-dealkylation sites (N-methyl/N-ethyl adjacent to an activating group) is 1. The predicted octanol–water partition coefficient (Wildman–Crippen LogP) is 2.96. The first-order valence-electron chi connectivity index (χ1n) is 8.65. The second-order valence-corrected chi connectivity index (χ2v) is 6.71. The molecule has 1 atom stereocenters. The monoisotopic (exact) mass is 348 g/mol. The zero-order valence-corrected chi connectivity index (χ0v) is 14.8. The third-order valence-corrected chi connectivity index (χ3v) is 5.01. The van der Waals surface area contributed by atoms with Crippen LogP contribution in [0, 0.1) is 0 Å². The van der Waals surface area contributed by atoms with Crippen LogP contribution in [-0.2, 0) is 4.79 Å². The lowest BCUT2D eigenvalue weighted by Crippen LogP contribution is -2.38. The number of para-hydroxylation sites is 1. The summed E-state index contributed by atoms with van der Waals surface area (Å²) < 4.78 is 0. The Morgan fingerprint density at radius 1 is 1.23 bits per heavy atom. The molecule has 3 heterocycles. The van der Waals surface area contributed by atoms with Crippen molar-refractivity contribution in [3.05, 3.63) is 59.8 Å². The molecule has 0 bridgehead atoms. The molecule has 6 heteroatoms. The SMILES string of the molecule is CC1CC(C(=O)N2c3ccccc3C(=O)Nc3cccnc32)=CCN1C. The molecule has 0 radical (unpaired) electrons. The summed E-state index contributed by atoms with van der Waals surface area (Å²) in [4.78, 5) is 34.2. The second-order valence-electron chi connectivity index (χ2n) is 6.71. The molecule has 2 aliphatic rings. The molecule has 0 saturated carbocycles. The molecule has 1 aromatic heterocycles. The van der Waals surface area contributed by atoms with E-state index in [1.165, 1.54) is 0 Å². The van der Waals surface area contributed by atoms with E-state index in [2.05, 4.69) is 22.1 Å². The zero-order chi connectivity index (χ0) is 18.3. The molecule has 2 aromatic rings. The van der Waals surface area contributed by atoms with Crippen LogP contribution in [0.3, 0.4) is 0 Å². The maximum Gasteiger partial charge on any atom is 0.259 e. The number of nitrogens with one attached hydrogen (secondary N) is 1. The van der Waals surface area contributed by atoms with Gasteiger partial charge in [0.25, 0.3) is 11.8 Å². The van der Waals surface area contributed by atoms with Gasteiger partial charge in [0.05, 0.1) is 16.9 Å². The molecule has 0 saturated heterocycles. The Morgan fingerprint density at radius 3 is 2.85 bits per heavy atom. The zero-order valence-electron chi connectivity index (χ0n) is 14.8. The fourth-order valence-electron chi connectivity index (χ4n) is 3.35. The molecular formula is C20H20N4O2. The molecular weight excluding hydrogens is 328 g/mol. The summed E-state index contributed by atoms with van der Waals surface area (Å²) in [5.41, 5.74) is 2.29. The number of carbonyl (C=O) groups is 2. The average molecular weight is 348 g/mol. The third-order valence-electron chi connectivity index (χ3n) is 5.01. The van der Waals surface area contributed by atoms with Crippen LogP contribution < -0.4 is 10.2 Å². The maximum atomic E-state index is 13.5. The summed E-state index contributed by atoms with van der Waals surface area (Å²) in [7, 11) is 2.04. The van der Waals surface area contributed by atoms with Gasteiger partial charge in [0.2, 0.25) is 0 Å². The number of benzene rings is 1. The molecule has 0 fully saturated rings. The fourth-order valence-corrected chi connectivity index (χ4v) is 3.35. The number of hydrogen-bond acceptors (Lipinski definition) is 4. The molecule has 2 aliphatic heterocycles. The van der Waals surface area contributed by atoms with Gasteiger partial charge in [-0.25, -0.2) is 4.98 Å². The largest absolute Gasteiger partial charge is 0.319 e. The first kappa shape index (κ1) is 16.5. The molecule has 26 heavy (non-hydrogen) atoms. The predicted molar refractivity (Wildman–Crippen MR) is 101 cm³/mol. The normalized spacial score (nSPS) is 19.8. The molecule has 1 N–H and O–H groups in total. The van der Waals surface area contributed by atoms with Crippen LogP contribution in [-0.4, -0.2) is 41.3 Å². The number of nitrogens with zero attached hydrogens (tertiary/aromatic N) is 3. The van der Waals surface area contributed by atoms with Gasteiger partial charge in [-0.3, -0.25) is 19.4 Å². The van der Waals surface area contributed by atoms with Gasteiger partial charge in [-0.05, 0) is 44.7 Å². The van der Waals surface area contributed by atoms with E-state index in [9.17, 15) is 9.59 Å². The summed E-state index contributed by atoms with van der Waals surface area (Å²) in [6.45, 7) is 2.83. The Bertz CT molecular complexity index is 922. The lowest BCUT2D eigenvalue weighted by molar-refractivity contribution is -0.114. The van der Waals surface area contributed by atoms with Gasteiger partial charge in [0.15, 0.2) is 5.82 Å². The van der Waals surface area contributed by atoms with Crippen molar-refractivity contribution < 1.29 is 9.59 Å². The number of carbonyl (C=O) groups excluding carboxylic acids is 2. The van der Waals surface area contributed by atoms with E-state index in [1.54, 1.807) is 41.4 Å². The van der Waals surface area contributed by atoms with Crippen LogP contribution in [0.25, 0.3) is 0 Å². The lowest BCUT2D eigenvalue weighted by Gasteiger charge is -2.31. The average Bonchev–Trinajstić information content (AvgIpc) is 2.77. The smallest absolute Gasteiger partial charge is 0.259 e. The standard InChI is InChI=1S/C20H20N4O2/c1-13-12-14(9-11-23(13)2)20(26)24-17-8-4-3-6-15(17)19(25)22-16-7-5-10-21-18(16)24/h3-10,13H,11-12H2,1-2H3,(H,22,25). The highest BCUT2D eigenvalue weighted by Gasteiger charge is 2.33. The van der Waals surface area contributed by atoms with Crippen LogP contribution in [0.5, 0.6) is 0 Å². The third kappa shape index (κ3) is 2.68. The number of rotatable bonds is 1. The van der Waals surface area contributed by atoms with Crippen LogP contribution >= 0.6 is 0 Å². The van der Waals surface area contributed by atoms with Crippen molar-refractivity contribution in [1.29, 1.82) is 0 Å². The molecule has 1 unspecified atom stereocenters. The van der Waals surface area contributed by atoms with E-state index >= 15 is 0 Å². The number of anilines is 3. The van der Waals surface area contributed by atoms with Crippen molar-refractivity contribution in [2.24, 2.45) is 0 Å². The minimum Gasteiger partial charge on any atom is -0.319 e. The van der Waals surface area contributed by atoms with Crippen molar-refractivity contribution >= 4 is 29.0 Å². The Balaban J connectivity index is 1.86. The molecule has 6 nitrogen and oxygen atoms in total. The number of aromatic nitrogens is 1. The number of pyridine rings is 1. The van der Waals surface area contributed by atoms with E-state index in [1.807, 2.05) is 19.2 Å². The summed E-state index contributed by atoms with van der Waals surface area (Å²) in [5.74, 6) is 0.0769. The van der Waals surface area contributed by atoms with Crippen LogP contribution in [0.2, 0.25) is 0 Å². The van der Waals surface area contributed by atoms with Crippen molar-refractivity contribution in [1.82, 2.24) is 9.88 Å². The first-order chi connectivity index (χ1) is 12.6. The van der Waals surface area contributed by atoms with Gasteiger partial charge in [0.1, 0.15) is 0 Å². The lowest BCUT2D eigenvalue weighted by atomic mass is 10.00. The molecule has 4 rings (SSSR count). The maximum absolute atomic E-state index is 13.5. The van der Waals surface area contributed by atoms with Crippen LogP contribution in [0.1, 0.15) is 23.7 Å². The highest BCUT2D eigenvalue weighted by Crippen LogP contribution is 2.37. The highest BCUT2D eigenvalue weighted by molar-refractivity contribution is 6.20. The van der Waals surface area contributed by atoms with Crippen molar-refractivity contribution in [2.75, 3.05) is 23.8 Å². The summed E-state index contributed by atoms with van der Waals surface area (Å²) in [5, 5.41) is 2.86. The Kier molecular flexibility index (Phi) is 4.05. The van der Waals surface area contributed by atoms with Gasteiger partial charge in [-0.2, -0.15) is 0 Å². The van der Waals surface area contributed by atoms with Gasteiger partial charge in [0, 0.05) is 24.4 Å². The quantitative estimate of drug-likeness (QED) is 0.860. The summed E-state index contributed by atoms with van der Waals surface area (Å²) in [6.07, 6.45) is 4.26. The Morgan fingerprint density at radius 2 is 2.04 bits per heavy atom. The minimum absolute atomic E-state index is 0.131. The van der Waals surface area contributed by atoms with Gasteiger partial charge >= 0.3 is 0 Å².